The van der Waals surface area contributed by atoms with Crippen LogP contribution in [-0.2, 0) is 37.0 Å². The zero-order valence-electron chi connectivity index (χ0n) is 20.2. The summed E-state index contributed by atoms with van der Waals surface area (Å²) in [6, 6.07) is 17.1. The molecule has 2 aromatic rings. The van der Waals surface area contributed by atoms with Crippen molar-refractivity contribution in [3.8, 4) is 0 Å². The van der Waals surface area contributed by atoms with E-state index < -0.39 is 28.3 Å². The zero-order valence-corrected chi connectivity index (χ0v) is 21.0. The number of benzene rings is 2. The lowest BCUT2D eigenvalue weighted by molar-refractivity contribution is -0.113. The fourth-order valence-electron chi connectivity index (χ4n) is 3.31. The van der Waals surface area contributed by atoms with Crippen LogP contribution in [0, 0.1) is 5.92 Å². The van der Waals surface area contributed by atoms with Crippen molar-refractivity contribution in [1.29, 1.82) is 0 Å². The Kier molecular flexibility index (Phi) is 11.6. The van der Waals surface area contributed by atoms with Crippen molar-refractivity contribution < 1.29 is 26.9 Å². The van der Waals surface area contributed by atoms with Crippen LogP contribution in [0.15, 0.2) is 72.1 Å². The first-order valence-corrected chi connectivity index (χ1v) is 13.0. The Hall–Kier alpha value is -3.01. The second-order valence-electron chi connectivity index (χ2n) is 8.51. The number of allylic oxidation sites excluding steroid dienone is 1. The molecule has 0 spiro atoms. The van der Waals surface area contributed by atoms with Gasteiger partial charge in [-0.3, -0.25) is 9.08 Å². The molecule has 0 heterocycles. The Balaban J connectivity index is 1.89. The van der Waals surface area contributed by atoms with Crippen LogP contribution in [0.2, 0.25) is 0 Å². The molecule has 0 bridgehead atoms. The van der Waals surface area contributed by atoms with Crippen molar-refractivity contribution in [2.45, 2.75) is 52.0 Å². The molecule has 0 saturated heterocycles. The molecule has 1 unspecified atom stereocenters. The normalized spacial score (nSPS) is 13.5. The number of carbonyl (C=O) groups is 2. The lowest BCUT2D eigenvalue weighted by Crippen LogP contribution is -2.49. The minimum Gasteiger partial charge on any atom is -0.445 e. The summed E-state index contributed by atoms with van der Waals surface area (Å²) in [5, 5.41) is 1.01. The summed E-state index contributed by atoms with van der Waals surface area (Å²) in [6.45, 7) is 3.81. The van der Waals surface area contributed by atoms with Gasteiger partial charge in [-0.15, -0.1) is 0 Å². The Labute approximate surface area is 207 Å². The van der Waals surface area contributed by atoms with E-state index in [1.54, 1.807) is 24.3 Å². The molecule has 2 atom stereocenters. The third-order valence-electron chi connectivity index (χ3n) is 5.25. The van der Waals surface area contributed by atoms with E-state index in [1.165, 1.54) is 11.0 Å². The highest BCUT2D eigenvalue weighted by Crippen LogP contribution is 2.14. The molecule has 1 amide bonds. The summed E-state index contributed by atoms with van der Waals surface area (Å²) in [6.07, 6.45) is 2.32. The minimum absolute atomic E-state index is 0.0463. The molecule has 35 heavy (non-hydrogen) atoms. The molecule has 2 N–H and O–H groups in total. The number of rotatable bonds is 14. The molecule has 190 valence electrons. The average Bonchev–Trinajstić information content (AvgIpc) is 2.85. The average molecular weight is 503 g/mol. The predicted octanol–water partition coefficient (Wildman–Crippen LogP) is 4.02. The lowest BCUT2D eigenvalue weighted by Gasteiger charge is -2.32. The van der Waals surface area contributed by atoms with Crippen LogP contribution in [0.5, 0.6) is 0 Å². The molecular weight excluding hydrogens is 468 g/mol. The van der Waals surface area contributed by atoms with E-state index >= 15 is 0 Å². The van der Waals surface area contributed by atoms with Crippen molar-refractivity contribution >= 4 is 22.5 Å². The second kappa shape index (κ2) is 14.4. The van der Waals surface area contributed by atoms with E-state index in [0.29, 0.717) is 12.8 Å². The maximum Gasteiger partial charge on any atom is 0.410 e. The van der Waals surface area contributed by atoms with E-state index in [1.807, 2.05) is 50.2 Å². The molecule has 2 rings (SSSR count). The van der Waals surface area contributed by atoms with Gasteiger partial charge in [-0.1, -0.05) is 80.6 Å². The Morgan fingerprint density at radius 3 is 2.11 bits per heavy atom. The summed E-state index contributed by atoms with van der Waals surface area (Å²) >= 11 is 0. The van der Waals surface area contributed by atoms with E-state index in [0.717, 1.165) is 22.8 Å². The molecule has 8 nitrogen and oxygen atoms in total. The summed E-state index contributed by atoms with van der Waals surface area (Å²) in [7, 11) is -3.83. The maximum absolute atomic E-state index is 12.8. The lowest BCUT2D eigenvalue weighted by atomic mass is 10.0. The van der Waals surface area contributed by atoms with E-state index in [-0.39, 0.29) is 25.7 Å². The van der Waals surface area contributed by atoms with Crippen molar-refractivity contribution in [3.63, 3.8) is 0 Å². The monoisotopic (exact) mass is 502 g/mol. The van der Waals surface area contributed by atoms with E-state index in [2.05, 4.69) is 0 Å². The van der Waals surface area contributed by atoms with Gasteiger partial charge in [0.05, 0.1) is 18.1 Å². The fourth-order valence-corrected chi connectivity index (χ4v) is 4.07. The van der Waals surface area contributed by atoms with E-state index in [4.69, 9.17) is 14.7 Å². The SMILES string of the molecule is CC(C)[C@@H](C=O)N(CC(N)CC/C=C/S(=O)(=O)OCc1ccccc1)C(=O)OCc1ccccc1. The van der Waals surface area contributed by atoms with Crippen molar-refractivity contribution in [3.05, 3.63) is 83.3 Å². The van der Waals surface area contributed by atoms with Gasteiger partial charge in [-0.25, -0.2) is 4.79 Å². The Bertz CT molecular complexity index is 1040. The molecule has 0 aliphatic heterocycles. The molecule has 9 heteroatoms. The van der Waals surface area contributed by atoms with Crippen molar-refractivity contribution in [2.75, 3.05) is 6.54 Å². The quantitative estimate of drug-likeness (QED) is 0.306. The first kappa shape index (κ1) is 28.2. The number of hydrogen-bond acceptors (Lipinski definition) is 7. The molecule has 0 aliphatic rings. The molecule has 0 aliphatic carbocycles. The smallest absolute Gasteiger partial charge is 0.410 e. The third-order valence-corrected chi connectivity index (χ3v) is 6.23. The molecule has 0 radical (unpaired) electrons. The highest BCUT2D eigenvalue weighted by atomic mass is 32.2. The van der Waals surface area contributed by atoms with Gasteiger partial charge in [0.2, 0.25) is 0 Å². The maximum atomic E-state index is 12.8. The van der Waals surface area contributed by atoms with Gasteiger partial charge in [0, 0.05) is 12.6 Å². The molecular formula is C26H34N2O6S. The topological polar surface area (TPSA) is 116 Å². The standard InChI is InChI=1S/C26H34N2O6S/c1-21(2)25(18-29)28(26(30)33-19-22-11-5-3-6-12-22)17-24(27)15-9-10-16-35(31,32)34-20-23-13-7-4-8-14-23/h3-8,10-14,16,18,21,24-25H,9,15,17,19-20,27H2,1-2H3/b16-10+/t24?,25-/m1/s1. The van der Waals surface area contributed by atoms with Crippen molar-refractivity contribution in [1.82, 2.24) is 4.90 Å². The summed E-state index contributed by atoms with van der Waals surface area (Å²) in [4.78, 5) is 25.8. The Morgan fingerprint density at radius 1 is 1.00 bits per heavy atom. The summed E-state index contributed by atoms with van der Waals surface area (Å²) in [5.74, 6) is -0.129. The number of aldehydes is 1. The number of nitrogens with two attached hydrogens (primary N) is 1. The molecule has 0 saturated carbocycles. The summed E-state index contributed by atoms with van der Waals surface area (Å²) in [5.41, 5.74) is 7.80. The molecule has 2 aromatic carbocycles. The van der Waals surface area contributed by atoms with Gasteiger partial charge in [-0.05, 0) is 29.9 Å². The van der Waals surface area contributed by atoms with E-state index in [9.17, 15) is 18.0 Å². The fraction of sp³-hybridized carbons (Fsp3) is 0.385. The first-order chi connectivity index (χ1) is 16.7. The first-order valence-electron chi connectivity index (χ1n) is 11.5. The number of ether oxygens (including phenoxy) is 1. The van der Waals surface area contributed by atoms with Gasteiger partial charge in [0.25, 0.3) is 10.1 Å². The van der Waals surface area contributed by atoms with Crippen LogP contribution < -0.4 is 5.73 Å². The van der Waals surface area contributed by atoms with Gasteiger partial charge in [0.1, 0.15) is 12.9 Å². The Morgan fingerprint density at radius 2 is 1.57 bits per heavy atom. The van der Waals surface area contributed by atoms with Crippen LogP contribution in [-0.4, -0.2) is 44.3 Å². The highest BCUT2D eigenvalue weighted by Gasteiger charge is 2.28. The van der Waals surface area contributed by atoms with Crippen LogP contribution in [0.1, 0.15) is 37.8 Å². The van der Waals surface area contributed by atoms with Gasteiger partial charge in [0.15, 0.2) is 0 Å². The number of nitrogens with zero attached hydrogens (tertiary/aromatic N) is 1. The zero-order chi connectivity index (χ0) is 25.7. The van der Waals surface area contributed by atoms with Gasteiger partial charge >= 0.3 is 6.09 Å². The number of amides is 1. The van der Waals surface area contributed by atoms with Crippen LogP contribution in [0.4, 0.5) is 4.79 Å². The molecule has 0 fully saturated rings. The van der Waals surface area contributed by atoms with Crippen LogP contribution >= 0.6 is 0 Å². The van der Waals surface area contributed by atoms with Crippen molar-refractivity contribution in [2.24, 2.45) is 11.7 Å². The number of hydrogen-bond donors (Lipinski definition) is 1. The largest absolute Gasteiger partial charge is 0.445 e. The predicted molar refractivity (Wildman–Crippen MR) is 135 cm³/mol. The molecule has 0 aromatic heterocycles. The minimum atomic E-state index is -3.83. The van der Waals surface area contributed by atoms with Gasteiger partial charge < -0.3 is 15.3 Å². The van der Waals surface area contributed by atoms with Gasteiger partial charge in [-0.2, -0.15) is 8.42 Å². The second-order valence-corrected chi connectivity index (χ2v) is 10.0. The highest BCUT2D eigenvalue weighted by molar-refractivity contribution is 7.89. The number of carbonyl (C=O) groups excluding carboxylic acids is 2. The van der Waals surface area contributed by atoms with Crippen LogP contribution in [0.25, 0.3) is 0 Å². The van der Waals surface area contributed by atoms with Crippen LogP contribution in [0.3, 0.4) is 0 Å². The third kappa shape index (κ3) is 10.4. The summed E-state index contributed by atoms with van der Waals surface area (Å²) < 4.78 is 34.5.